The molecule has 0 saturated carbocycles. The molecule has 0 spiro atoms. The van der Waals surface area contributed by atoms with E-state index in [1.807, 2.05) is 0 Å². The first-order valence-corrected chi connectivity index (χ1v) is 6.28. The van der Waals surface area contributed by atoms with E-state index in [0.29, 0.717) is 22.8 Å². The molecule has 0 atom stereocenters. The average molecular weight is 295 g/mol. The number of halogens is 2. The zero-order chi connectivity index (χ0) is 14.9. The Hall–Kier alpha value is -2.01. The molecule has 0 amide bonds. The van der Waals surface area contributed by atoms with Gasteiger partial charge in [0.05, 0.1) is 16.4 Å². The van der Waals surface area contributed by atoms with Crippen LogP contribution in [0.3, 0.4) is 0 Å². The summed E-state index contributed by atoms with van der Waals surface area (Å²) in [5.41, 5.74) is 1.18. The molecule has 1 heterocycles. The van der Waals surface area contributed by atoms with Crippen LogP contribution in [-0.2, 0) is 6.42 Å². The van der Waals surface area contributed by atoms with Crippen molar-refractivity contribution < 1.29 is 14.3 Å². The maximum Gasteiger partial charge on any atom is 0.339 e. The van der Waals surface area contributed by atoms with Crippen LogP contribution in [0.1, 0.15) is 33.1 Å². The van der Waals surface area contributed by atoms with E-state index in [0.717, 1.165) is 0 Å². The zero-order valence-corrected chi connectivity index (χ0v) is 11.7. The molecule has 2 aromatic rings. The molecule has 0 saturated heterocycles. The first-order chi connectivity index (χ1) is 9.40. The Morgan fingerprint density at radius 3 is 2.45 bits per heavy atom. The number of nitrogens with zero attached hydrogens (tertiary/aromatic N) is 2. The standard InChI is InChI=1S/C14H12ClFN2O2/c1-7-12(14(19)20)8(2)18-11(17-7)6-9-4-3-5-10(15)13(9)16/h3-5H,6H2,1-2H3,(H,19,20). The first kappa shape index (κ1) is 14.4. The summed E-state index contributed by atoms with van der Waals surface area (Å²) in [6.07, 6.45) is 0.161. The van der Waals surface area contributed by atoms with E-state index in [9.17, 15) is 9.18 Å². The van der Waals surface area contributed by atoms with Crippen LogP contribution < -0.4 is 0 Å². The summed E-state index contributed by atoms with van der Waals surface area (Å²) >= 11 is 5.72. The monoisotopic (exact) mass is 294 g/mol. The molecule has 0 radical (unpaired) electrons. The second-order valence-corrected chi connectivity index (χ2v) is 4.79. The van der Waals surface area contributed by atoms with E-state index >= 15 is 0 Å². The maximum atomic E-state index is 13.8. The van der Waals surface area contributed by atoms with Crippen molar-refractivity contribution in [1.29, 1.82) is 0 Å². The summed E-state index contributed by atoms with van der Waals surface area (Å²) in [7, 11) is 0. The van der Waals surface area contributed by atoms with E-state index < -0.39 is 11.8 Å². The van der Waals surface area contributed by atoms with Crippen LogP contribution in [0.2, 0.25) is 5.02 Å². The van der Waals surface area contributed by atoms with Crippen molar-refractivity contribution in [3.05, 3.63) is 57.4 Å². The molecule has 0 aliphatic carbocycles. The average Bonchev–Trinajstić information content (AvgIpc) is 2.33. The minimum Gasteiger partial charge on any atom is -0.478 e. The fourth-order valence-corrected chi connectivity index (χ4v) is 2.22. The van der Waals surface area contributed by atoms with E-state index in [1.165, 1.54) is 6.07 Å². The summed E-state index contributed by atoms with van der Waals surface area (Å²) in [4.78, 5) is 19.3. The van der Waals surface area contributed by atoms with Crippen molar-refractivity contribution in [2.75, 3.05) is 0 Å². The van der Waals surface area contributed by atoms with Gasteiger partial charge in [0.15, 0.2) is 0 Å². The predicted octanol–water partition coefficient (Wildman–Crippen LogP) is 3.17. The lowest BCUT2D eigenvalue weighted by Gasteiger charge is -2.08. The lowest BCUT2D eigenvalue weighted by atomic mass is 10.1. The largest absolute Gasteiger partial charge is 0.478 e. The smallest absolute Gasteiger partial charge is 0.339 e. The molecule has 20 heavy (non-hydrogen) atoms. The molecular weight excluding hydrogens is 283 g/mol. The molecule has 1 N–H and O–H groups in total. The van der Waals surface area contributed by atoms with E-state index in [4.69, 9.17) is 16.7 Å². The number of carboxylic acids is 1. The van der Waals surface area contributed by atoms with Crippen LogP contribution in [0.5, 0.6) is 0 Å². The second kappa shape index (κ2) is 5.54. The molecular formula is C14H12ClFN2O2. The van der Waals surface area contributed by atoms with Gasteiger partial charge in [0.25, 0.3) is 0 Å². The van der Waals surface area contributed by atoms with Crippen molar-refractivity contribution >= 4 is 17.6 Å². The van der Waals surface area contributed by atoms with Crippen LogP contribution in [0, 0.1) is 19.7 Å². The van der Waals surface area contributed by atoms with Crippen LogP contribution in [0.15, 0.2) is 18.2 Å². The molecule has 0 unspecified atom stereocenters. The number of aryl methyl sites for hydroxylation is 2. The number of benzene rings is 1. The Morgan fingerprint density at radius 1 is 1.30 bits per heavy atom. The van der Waals surface area contributed by atoms with Gasteiger partial charge >= 0.3 is 5.97 Å². The normalized spacial score (nSPS) is 10.6. The van der Waals surface area contributed by atoms with Crippen LogP contribution >= 0.6 is 11.6 Å². The van der Waals surface area contributed by atoms with Gasteiger partial charge in [0, 0.05) is 6.42 Å². The highest BCUT2D eigenvalue weighted by Gasteiger charge is 2.16. The van der Waals surface area contributed by atoms with Crippen molar-refractivity contribution in [3.63, 3.8) is 0 Å². The number of hydrogen-bond acceptors (Lipinski definition) is 3. The minimum atomic E-state index is -1.07. The molecule has 1 aromatic heterocycles. The third-order valence-corrected chi connectivity index (χ3v) is 3.20. The fourth-order valence-electron chi connectivity index (χ4n) is 2.03. The topological polar surface area (TPSA) is 63.1 Å². The number of aromatic carboxylic acids is 1. The maximum absolute atomic E-state index is 13.8. The summed E-state index contributed by atoms with van der Waals surface area (Å²) in [5.74, 6) is -1.21. The predicted molar refractivity (Wildman–Crippen MR) is 72.7 cm³/mol. The molecule has 4 nitrogen and oxygen atoms in total. The molecule has 1 aromatic carbocycles. The number of hydrogen-bond donors (Lipinski definition) is 1. The van der Waals surface area contributed by atoms with E-state index in [-0.39, 0.29) is 17.0 Å². The van der Waals surface area contributed by atoms with Gasteiger partial charge in [0.1, 0.15) is 17.2 Å². The van der Waals surface area contributed by atoms with Crippen LogP contribution in [0.4, 0.5) is 4.39 Å². The minimum absolute atomic E-state index is 0.0399. The van der Waals surface area contributed by atoms with Crippen molar-refractivity contribution in [1.82, 2.24) is 9.97 Å². The summed E-state index contributed by atoms with van der Waals surface area (Å²) in [6, 6.07) is 4.71. The third-order valence-electron chi connectivity index (χ3n) is 2.91. The molecule has 6 heteroatoms. The molecule has 0 fully saturated rings. The van der Waals surface area contributed by atoms with Crippen molar-refractivity contribution in [3.8, 4) is 0 Å². The quantitative estimate of drug-likeness (QED) is 0.944. The Kier molecular flexibility index (Phi) is 3.99. The van der Waals surface area contributed by atoms with Crippen LogP contribution in [-0.4, -0.2) is 21.0 Å². The van der Waals surface area contributed by atoms with Gasteiger partial charge in [-0.2, -0.15) is 0 Å². The van der Waals surface area contributed by atoms with Gasteiger partial charge in [-0.1, -0.05) is 23.7 Å². The first-order valence-electron chi connectivity index (χ1n) is 5.90. The Bertz CT molecular complexity index is 666. The van der Waals surface area contributed by atoms with Gasteiger partial charge in [-0.3, -0.25) is 0 Å². The SMILES string of the molecule is Cc1nc(Cc2cccc(Cl)c2F)nc(C)c1C(=O)O. The lowest BCUT2D eigenvalue weighted by Crippen LogP contribution is -2.11. The lowest BCUT2D eigenvalue weighted by molar-refractivity contribution is 0.0694. The highest BCUT2D eigenvalue weighted by atomic mass is 35.5. The van der Waals surface area contributed by atoms with E-state index in [2.05, 4.69) is 9.97 Å². The summed E-state index contributed by atoms with van der Waals surface area (Å²) in [5, 5.41) is 9.09. The van der Waals surface area contributed by atoms with E-state index in [1.54, 1.807) is 26.0 Å². The third kappa shape index (κ3) is 2.77. The highest BCUT2D eigenvalue weighted by Crippen LogP contribution is 2.20. The zero-order valence-electron chi connectivity index (χ0n) is 10.9. The molecule has 0 bridgehead atoms. The van der Waals surface area contributed by atoms with Gasteiger partial charge in [-0.05, 0) is 25.5 Å². The molecule has 2 rings (SSSR count). The van der Waals surface area contributed by atoms with Gasteiger partial charge in [-0.25, -0.2) is 19.2 Å². The Morgan fingerprint density at radius 2 is 1.90 bits per heavy atom. The molecule has 0 aliphatic rings. The number of rotatable bonds is 3. The van der Waals surface area contributed by atoms with Gasteiger partial charge in [0.2, 0.25) is 0 Å². The van der Waals surface area contributed by atoms with Crippen LogP contribution in [0.25, 0.3) is 0 Å². The number of carboxylic acid groups (broad SMARTS) is 1. The number of aromatic nitrogens is 2. The van der Waals surface area contributed by atoms with Crippen molar-refractivity contribution in [2.45, 2.75) is 20.3 Å². The van der Waals surface area contributed by atoms with Gasteiger partial charge < -0.3 is 5.11 Å². The summed E-state index contributed by atoms with van der Waals surface area (Å²) in [6.45, 7) is 3.19. The summed E-state index contributed by atoms with van der Waals surface area (Å²) < 4.78 is 13.8. The second-order valence-electron chi connectivity index (χ2n) is 4.38. The van der Waals surface area contributed by atoms with Crippen molar-refractivity contribution in [2.24, 2.45) is 0 Å². The molecule has 104 valence electrons. The molecule has 0 aliphatic heterocycles. The highest BCUT2D eigenvalue weighted by molar-refractivity contribution is 6.30. The van der Waals surface area contributed by atoms with Gasteiger partial charge in [-0.15, -0.1) is 0 Å². The fraction of sp³-hybridized carbons (Fsp3) is 0.214. The number of carbonyl (C=O) groups is 1. The Balaban J connectivity index is 2.40. The Labute approximate surface area is 120 Å².